The van der Waals surface area contributed by atoms with Crippen LogP contribution < -0.4 is 5.73 Å². The molecule has 104 valence electrons. The molecule has 4 nitrogen and oxygen atoms in total. The average Bonchev–Trinajstić information content (AvgIpc) is 2.74. The van der Waals surface area contributed by atoms with E-state index < -0.39 is 0 Å². The van der Waals surface area contributed by atoms with Gasteiger partial charge >= 0.3 is 0 Å². The largest absolute Gasteiger partial charge is 0.378 e. The molecule has 0 aromatic heterocycles. The zero-order valence-electron chi connectivity index (χ0n) is 11.5. The first-order valence-corrected chi connectivity index (χ1v) is 7.39. The Labute approximate surface area is 110 Å². The van der Waals surface area contributed by atoms with Crippen LogP contribution in [0.5, 0.6) is 0 Å². The van der Waals surface area contributed by atoms with Gasteiger partial charge in [0, 0.05) is 44.3 Å². The molecule has 2 N–H and O–H groups in total. The number of rotatable bonds is 3. The Bertz CT molecular complexity index is 296. The monoisotopic (exact) mass is 254 g/mol. The molecule has 3 rings (SSSR count). The summed E-state index contributed by atoms with van der Waals surface area (Å²) in [6, 6.07) is 0.661. The molecule has 3 saturated heterocycles. The first kappa shape index (κ1) is 12.9. The second kappa shape index (κ2) is 4.75. The van der Waals surface area contributed by atoms with Gasteiger partial charge in [0.1, 0.15) is 0 Å². The summed E-state index contributed by atoms with van der Waals surface area (Å²) in [5.74, 6) is 0. The summed E-state index contributed by atoms with van der Waals surface area (Å²) >= 11 is 0. The highest BCUT2D eigenvalue weighted by atomic mass is 16.6. The third-order valence-electron chi connectivity index (χ3n) is 4.83. The molecule has 0 amide bonds. The van der Waals surface area contributed by atoms with Gasteiger partial charge in [0.2, 0.25) is 0 Å². The van der Waals surface area contributed by atoms with E-state index in [1.54, 1.807) is 0 Å². The van der Waals surface area contributed by atoms with E-state index in [0.29, 0.717) is 6.04 Å². The maximum atomic E-state index is 6.36. The van der Waals surface area contributed by atoms with Gasteiger partial charge in [0.15, 0.2) is 0 Å². The Kier molecular flexibility index (Phi) is 3.39. The van der Waals surface area contributed by atoms with Gasteiger partial charge in [-0.15, -0.1) is 0 Å². The van der Waals surface area contributed by atoms with Gasteiger partial charge in [0.05, 0.1) is 12.2 Å². The standard InChI is InChI=1S/C14H26N2O2/c1-2-4-13(15)9-16(10-13)12-3-6-18-14(8-12)5-7-17-11-14/h12H,2-11,15H2,1H3. The summed E-state index contributed by atoms with van der Waals surface area (Å²) in [6.07, 6.45) is 5.70. The van der Waals surface area contributed by atoms with E-state index in [0.717, 1.165) is 58.6 Å². The van der Waals surface area contributed by atoms with E-state index in [1.165, 1.54) is 6.42 Å². The third-order valence-corrected chi connectivity index (χ3v) is 4.83. The molecule has 3 aliphatic rings. The van der Waals surface area contributed by atoms with Gasteiger partial charge in [-0.1, -0.05) is 13.3 Å². The number of nitrogens with zero attached hydrogens (tertiary/aromatic N) is 1. The van der Waals surface area contributed by atoms with Crippen LogP contribution in [0.4, 0.5) is 0 Å². The maximum Gasteiger partial charge on any atom is 0.0951 e. The molecule has 0 radical (unpaired) electrons. The van der Waals surface area contributed by atoms with Crippen LogP contribution in [0.25, 0.3) is 0 Å². The molecule has 3 aliphatic heterocycles. The quantitative estimate of drug-likeness (QED) is 0.820. The number of nitrogens with two attached hydrogens (primary N) is 1. The molecule has 2 atom stereocenters. The first-order valence-electron chi connectivity index (χ1n) is 7.39. The van der Waals surface area contributed by atoms with Crippen LogP contribution in [0.1, 0.15) is 39.0 Å². The molecule has 4 heteroatoms. The molecule has 0 saturated carbocycles. The van der Waals surface area contributed by atoms with Crippen molar-refractivity contribution in [2.45, 2.75) is 56.2 Å². The van der Waals surface area contributed by atoms with Crippen molar-refractivity contribution in [2.24, 2.45) is 5.73 Å². The Morgan fingerprint density at radius 3 is 2.83 bits per heavy atom. The van der Waals surface area contributed by atoms with Crippen LogP contribution in [0.2, 0.25) is 0 Å². The zero-order chi connectivity index (χ0) is 12.6. The minimum Gasteiger partial charge on any atom is -0.378 e. The van der Waals surface area contributed by atoms with Crippen molar-refractivity contribution in [3.05, 3.63) is 0 Å². The van der Waals surface area contributed by atoms with Gasteiger partial charge < -0.3 is 15.2 Å². The lowest BCUT2D eigenvalue weighted by atomic mass is 9.81. The number of ether oxygens (including phenoxy) is 2. The normalized spacial score (nSPS) is 40.0. The summed E-state index contributed by atoms with van der Waals surface area (Å²) in [7, 11) is 0. The van der Waals surface area contributed by atoms with Gasteiger partial charge in [-0.3, -0.25) is 4.90 Å². The molecule has 3 fully saturated rings. The van der Waals surface area contributed by atoms with Crippen molar-refractivity contribution < 1.29 is 9.47 Å². The molecule has 0 aliphatic carbocycles. The fourth-order valence-electron chi connectivity index (χ4n) is 3.85. The molecule has 2 unspecified atom stereocenters. The predicted octanol–water partition coefficient (Wildman–Crippen LogP) is 1.14. The maximum absolute atomic E-state index is 6.36. The van der Waals surface area contributed by atoms with E-state index in [1.807, 2.05) is 0 Å². The Morgan fingerprint density at radius 2 is 2.17 bits per heavy atom. The first-order chi connectivity index (χ1) is 8.65. The molecular weight excluding hydrogens is 228 g/mol. The smallest absolute Gasteiger partial charge is 0.0951 e. The van der Waals surface area contributed by atoms with Gasteiger partial charge in [-0.05, 0) is 19.3 Å². The minimum atomic E-state index is 0.0283. The van der Waals surface area contributed by atoms with Crippen LogP contribution in [-0.2, 0) is 9.47 Å². The second-order valence-corrected chi connectivity index (χ2v) is 6.50. The molecular formula is C14H26N2O2. The van der Waals surface area contributed by atoms with Gasteiger partial charge in [-0.25, -0.2) is 0 Å². The van der Waals surface area contributed by atoms with Crippen molar-refractivity contribution in [3.8, 4) is 0 Å². The Morgan fingerprint density at radius 1 is 1.33 bits per heavy atom. The van der Waals surface area contributed by atoms with Crippen molar-refractivity contribution in [1.82, 2.24) is 4.90 Å². The molecule has 0 aromatic carbocycles. The van der Waals surface area contributed by atoms with Crippen LogP contribution in [0.15, 0.2) is 0 Å². The zero-order valence-corrected chi connectivity index (χ0v) is 11.5. The fourth-order valence-corrected chi connectivity index (χ4v) is 3.85. The van der Waals surface area contributed by atoms with Crippen molar-refractivity contribution >= 4 is 0 Å². The number of hydrogen-bond acceptors (Lipinski definition) is 4. The third kappa shape index (κ3) is 2.31. The SMILES string of the molecule is CCCC1(N)CN(C2CCOC3(CCOC3)C2)C1. The lowest BCUT2D eigenvalue weighted by Gasteiger charge is -2.54. The van der Waals surface area contributed by atoms with E-state index >= 15 is 0 Å². The highest BCUT2D eigenvalue weighted by Gasteiger charge is 2.47. The van der Waals surface area contributed by atoms with Crippen molar-refractivity contribution in [1.29, 1.82) is 0 Å². The molecule has 0 aromatic rings. The van der Waals surface area contributed by atoms with Crippen LogP contribution in [-0.4, -0.2) is 55.0 Å². The fraction of sp³-hybridized carbons (Fsp3) is 1.00. The van der Waals surface area contributed by atoms with Gasteiger partial charge in [-0.2, -0.15) is 0 Å². The summed E-state index contributed by atoms with van der Waals surface area (Å²) in [5, 5.41) is 0. The van der Waals surface area contributed by atoms with Gasteiger partial charge in [0.25, 0.3) is 0 Å². The van der Waals surface area contributed by atoms with Crippen LogP contribution >= 0.6 is 0 Å². The van der Waals surface area contributed by atoms with E-state index in [4.69, 9.17) is 15.2 Å². The summed E-state index contributed by atoms with van der Waals surface area (Å²) < 4.78 is 11.5. The van der Waals surface area contributed by atoms with Crippen molar-refractivity contribution in [3.63, 3.8) is 0 Å². The molecule has 1 spiro atoms. The second-order valence-electron chi connectivity index (χ2n) is 6.50. The Balaban J connectivity index is 1.55. The topological polar surface area (TPSA) is 47.7 Å². The lowest BCUT2D eigenvalue weighted by molar-refractivity contribution is -0.122. The summed E-state index contributed by atoms with van der Waals surface area (Å²) in [4.78, 5) is 2.57. The minimum absolute atomic E-state index is 0.0283. The summed E-state index contributed by atoms with van der Waals surface area (Å²) in [6.45, 7) is 6.90. The molecule has 18 heavy (non-hydrogen) atoms. The lowest BCUT2D eigenvalue weighted by Crippen LogP contribution is -2.70. The van der Waals surface area contributed by atoms with Crippen molar-refractivity contribution in [2.75, 3.05) is 32.9 Å². The van der Waals surface area contributed by atoms with Crippen LogP contribution in [0.3, 0.4) is 0 Å². The summed E-state index contributed by atoms with van der Waals surface area (Å²) in [5.41, 5.74) is 6.48. The number of likely N-dealkylation sites (tertiary alicyclic amines) is 1. The van der Waals surface area contributed by atoms with E-state index in [2.05, 4.69) is 11.8 Å². The highest BCUT2D eigenvalue weighted by molar-refractivity contribution is 5.04. The predicted molar refractivity (Wildman–Crippen MR) is 70.5 cm³/mol. The average molecular weight is 254 g/mol. The van der Waals surface area contributed by atoms with E-state index in [-0.39, 0.29) is 11.1 Å². The van der Waals surface area contributed by atoms with E-state index in [9.17, 15) is 0 Å². The Hall–Kier alpha value is -0.160. The number of hydrogen-bond donors (Lipinski definition) is 1. The van der Waals surface area contributed by atoms with Crippen LogP contribution in [0, 0.1) is 0 Å². The highest BCUT2D eigenvalue weighted by Crippen LogP contribution is 2.37. The molecule has 3 heterocycles. The molecule has 0 bridgehead atoms.